The largest absolute Gasteiger partial charge is 0.481 e. The van der Waals surface area contributed by atoms with E-state index in [0.29, 0.717) is 18.1 Å². The minimum Gasteiger partial charge on any atom is -0.481 e. The second-order valence-corrected chi connectivity index (χ2v) is 5.26. The molecule has 1 N–H and O–H groups in total. The van der Waals surface area contributed by atoms with Gasteiger partial charge in [-0.05, 0) is 40.8 Å². The van der Waals surface area contributed by atoms with Gasteiger partial charge in [-0.15, -0.1) is 0 Å². The first-order valence-electron chi connectivity index (χ1n) is 6.68. The average molecular weight is 305 g/mol. The fraction of sp³-hybridized carbons (Fsp3) is 0.235. The monoisotopic (exact) mass is 304 g/mol. The van der Waals surface area contributed by atoms with Gasteiger partial charge in [0.15, 0.2) is 0 Å². The van der Waals surface area contributed by atoms with Crippen LogP contribution in [0.4, 0.5) is 0 Å². The summed E-state index contributed by atoms with van der Waals surface area (Å²) < 4.78 is 5.21. The molecule has 4 heteroatoms. The molecule has 0 aromatic heterocycles. The van der Waals surface area contributed by atoms with Crippen molar-refractivity contribution in [1.82, 2.24) is 0 Å². The zero-order chi connectivity index (χ0) is 15.2. The molecule has 0 radical (unpaired) electrons. The second kappa shape index (κ2) is 7.25. The summed E-state index contributed by atoms with van der Waals surface area (Å²) in [7, 11) is 1.65. The summed E-state index contributed by atoms with van der Waals surface area (Å²) in [5.41, 5.74) is 4.19. The van der Waals surface area contributed by atoms with Crippen LogP contribution in [0.3, 0.4) is 0 Å². The molecule has 0 amide bonds. The summed E-state index contributed by atoms with van der Waals surface area (Å²) in [6.07, 6.45) is 0.691. The van der Waals surface area contributed by atoms with Crippen molar-refractivity contribution in [2.75, 3.05) is 7.11 Å². The Kier molecular flexibility index (Phi) is 5.37. The number of ether oxygens (including phenoxy) is 1. The minimum atomic E-state index is -0.779. The second-order valence-electron chi connectivity index (χ2n) is 4.83. The Morgan fingerprint density at radius 2 is 1.90 bits per heavy atom. The fourth-order valence-electron chi connectivity index (χ4n) is 2.22. The number of halogens is 1. The summed E-state index contributed by atoms with van der Waals surface area (Å²) in [5, 5.41) is 9.39. The molecule has 110 valence electrons. The van der Waals surface area contributed by atoms with E-state index in [-0.39, 0.29) is 6.42 Å². The Labute approximate surface area is 129 Å². The van der Waals surface area contributed by atoms with E-state index in [2.05, 4.69) is 0 Å². The van der Waals surface area contributed by atoms with E-state index in [1.165, 1.54) is 0 Å². The van der Waals surface area contributed by atoms with Crippen LogP contribution in [0.1, 0.15) is 17.5 Å². The molecule has 0 spiro atoms. The maximum atomic E-state index is 10.6. The lowest BCUT2D eigenvalue weighted by molar-refractivity contribution is -0.136. The van der Waals surface area contributed by atoms with Gasteiger partial charge in [0.1, 0.15) is 0 Å². The third-order valence-corrected chi connectivity index (χ3v) is 3.49. The van der Waals surface area contributed by atoms with Crippen molar-refractivity contribution in [3.63, 3.8) is 0 Å². The van der Waals surface area contributed by atoms with Gasteiger partial charge in [0.05, 0.1) is 6.61 Å². The fourth-order valence-corrected chi connectivity index (χ4v) is 2.42. The summed E-state index contributed by atoms with van der Waals surface area (Å²) in [6.45, 7) is 0.497. The highest BCUT2D eigenvalue weighted by Crippen LogP contribution is 2.27. The number of carbonyl (C=O) groups is 1. The molecule has 0 bridgehead atoms. The third-order valence-electron chi connectivity index (χ3n) is 3.26. The number of rotatable bonds is 6. The highest BCUT2D eigenvalue weighted by Gasteiger charge is 2.07. The molecule has 0 aliphatic carbocycles. The van der Waals surface area contributed by atoms with Crippen molar-refractivity contribution in [1.29, 1.82) is 0 Å². The van der Waals surface area contributed by atoms with E-state index >= 15 is 0 Å². The van der Waals surface area contributed by atoms with Gasteiger partial charge in [0.25, 0.3) is 0 Å². The Morgan fingerprint density at radius 1 is 1.19 bits per heavy atom. The van der Waals surface area contributed by atoms with Gasteiger partial charge in [-0.2, -0.15) is 0 Å². The van der Waals surface area contributed by atoms with Gasteiger partial charge in [-0.25, -0.2) is 0 Å². The molecule has 0 atom stereocenters. The summed E-state index contributed by atoms with van der Waals surface area (Å²) in [6, 6.07) is 13.7. The van der Waals surface area contributed by atoms with Crippen LogP contribution in [0.15, 0.2) is 42.5 Å². The van der Waals surface area contributed by atoms with Crippen LogP contribution in [0.2, 0.25) is 5.02 Å². The van der Waals surface area contributed by atoms with Crippen molar-refractivity contribution < 1.29 is 14.6 Å². The molecule has 0 aliphatic rings. The van der Waals surface area contributed by atoms with E-state index in [4.69, 9.17) is 21.4 Å². The number of benzene rings is 2. The highest BCUT2D eigenvalue weighted by atomic mass is 35.5. The van der Waals surface area contributed by atoms with Crippen molar-refractivity contribution in [2.24, 2.45) is 0 Å². The SMILES string of the molecule is COCc1cc(Cl)ccc1-c1ccc(CCC(=O)O)cc1. The van der Waals surface area contributed by atoms with E-state index in [9.17, 15) is 4.79 Å². The van der Waals surface area contributed by atoms with Crippen LogP contribution in [0, 0.1) is 0 Å². The Hall–Kier alpha value is -1.84. The third kappa shape index (κ3) is 4.31. The number of methoxy groups -OCH3 is 1. The summed E-state index contributed by atoms with van der Waals surface area (Å²) >= 11 is 6.02. The molecule has 0 unspecified atom stereocenters. The lowest BCUT2D eigenvalue weighted by Gasteiger charge is -2.10. The maximum Gasteiger partial charge on any atom is 0.303 e. The zero-order valence-electron chi connectivity index (χ0n) is 11.8. The first-order chi connectivity index (χ1) is 10.1. The smallest absolute Gasteiger partial charge is 0.303 e. The number of carboxylic acid groups (broad SMARTS) is 1. The molecule has 0 saturated heterocycles. The van der Waals surface area contributed by atoms with Gasteiger partial charge < -0.3 is 9.84 Å². The molecule has 2 aromatic rings. The van der Waals surface area contributed by atoms with Crippen molar-refractivity contribution in [2.45, 2.75) is 19.4 Å². The summed E-state index contributed by atoms with van der Waals surface area (Å²) in [4.78, 5) is 10.6. The van der Waals surface area contributed by atoms with Crippen molar-refractivity contribution in [3.05, 3.63) is 58.6 Å². The van der Waals surface area contributed by atoms with E-state index in [1.54, 1.807) is 7.11 Å². The van der Waals surface area contributed by atoms with Gasteiger partial charge in [0, 0.05) is 18.6 Å². The molecular weight excluding hydrogens is 288 g/mol. The molecule has 0 aliphatic heterocycles. The molecule has 0 fully saturated rings. The van der Waals surface area contributed by atoms with Crippen LogP contribution < -0.4 is 0 Å². The standard InChI is InChI=1S/C17H17ClO3/c1-21-11-14-10-15(18)7-8-16(14)13-5-2-12(3-6-13)4-9-17(19)20/h2-3,5-8,10H,4,9,11H2,1H3,(H,19,20). The maximum absolute atomic E-state index is 10.6. The van der Waals surface area contributed by atoms with E-state index < -0.39 is 5.97 Å². The van der Waals surface area contributed by atoms with Crippen LogP contribution in [-0.2, 0) is 22.6 Å². The number of carboxylic acids is 1. The van der Waals surface area contributed by atoms with Crippen LogP contribution >= 0.6 is 11.6 Å². The molecule has 0 saturated carbocycles. The van der Waals surface area contributed by atoms with Gasteiger partial charge >= 0.3 is 5.97 Å². The lowest BCUT2D eigenvalue weighted by atomic mass is 9.98. The lowest BCUT2D eigenvalue weighted by Crippen LogP contribution is -1.97. The van der Waals surface area contributed by atoms with Gasteiger partial charge in [-0.1, -0.05) is 41.9 Å². The Balaban J connectivity index is 2.24. The summed E-state index contributed by atoms with van der Waals surface area (Å²) in [5.74, 6) is -0.779. The molecule has 21 heavy (non-hydrogen) atoms. The van der Waals surface area contributed by atoms with E-state index in [1.807, 2.05) is 42.5 Å². The quantitative estimate of drug-likeness (QED) is 0.871. The number of aryl methyl sites for hydroxylation is 1. The Morgan fingerprint density at radius 3 is 2.52 bits per heavy atom. The van der Waals surface area contributed by atoms with Gasteiger partial charge in [-0.3, -0.25) is 4.79 Å². The minimum absolute atomic E-state index is 0.148. The molecule has 0 heterocycles. The molecule has 2 rings (SSSR count). The highest BCUT2D eigenvalue weighted by molar-refractivity contribution is 6.30. The van der Waals surface area contributed by atoms with Crippen LogP contribution in [-0.4, -0.2) is 18.2 Å². The van der Waals surface area contributed by atoms with Gasteiger partial charge in [0.2, 0.25) is 0 Å². The van der Waals surface area contributed by atoms with Crippen molar-refractivity contribution >= 4 is 17.6 Å². The number of hydrogen-bond acceptors (Lipinski definition) is 2. The number of aliphatic carboxylic acids is 1. The number of hydrogen-bond donors (Lipinski definition) is 1. The van der Waals surface area contributed by atoms with Crippen molar-refractivity contribution in [3.8, 4) is 11.1 Å². The molecular formula is C17H17ClO3. The topological polar surface area (TPSA) is 46.5 Å². The predicted molar refractivity (Wildman–Crippen MR) is 83.6 cm³/mol. The van der Waals surface area contributed by atoms with E-state index in [0.717, 1.165) is 22.3 Å². The zero-order valence-corrected chi connectivity index (χ0v) is 12.6. The Bertz CT molecular complexity index is 620. The first-order valence-corrected chi connectivity index (χ1v) is 7.06. The van der Waals surface area contributed by atoms with Crippen LogP contribution in [0.25, 0.3) is 11.1 Å². The molecule has 3 nitrogen and oxygen atoms in total. The average Bonchev–Trinajstić information content (AvgIpc) is 2.46. The normalized spacial score (nSPS) is 10.6. The first kappa shape index (κ1) is 15.5. The van der Waals surface area contributed by atoms with Crippen LogP contribution in [0.5, 0.6) is 0 Å². The predicted octanol–water partition coefficient (Wildman–Crippen LogP) is 4.17. The molecule has 2 aromatic carbocycles.